The quantitative estimate of drug-likeness (QED) is 0.817. The predicted octanol–water partition coefficient (Wildman–Crippen LogP) is 2.33. The van der Waals surface area contributed by atoms with E-state index in [1.165, 1.54) is 11.3 Å². The van der Waals surface area contributed by atoms with Crippen molar-refractivity contribution >= 4 is 27.5 Å². The molecule has 0 N–H and O–H groups in total. The van der Waals surface area contributed by atoms with Crippen LogP contribution < -0.4 is 14.3 Å². The van der Waals surface area contributed by atoms with Crippen LogP contribution in [0.3, 0.4) is 0 Å². The summed E-state index contributed by atoms with van der Waals surface area (Å²) >= 11 is 1.44. The van der Waals surface area contributed by atoms with Crippen LogP contribution >= 0.6 is 11.3 Å². The number of aromatic nitrogens is 1. The third-order valence-electron chi connectivity index (χ3n) is 3.28. The molecule has 0 saturated carbocycles. The van der Waals surface area contributed by atoms with Crippen molar-refractivity contribution < 1.29 is 14.3 Å². The number of thiazole rings is 1. The zero-order valence-corrected chi connectivity index (χ0v) is 13.1. The van der Waals surface area contributed by atoms with Crippen molar-refractivity contribution in [2.75, 3.05) is 13.2 Å². The maximum absolute atomic E-state index is 11.8. The highest BCUT2D eigenvalue weighted by atomic mass is 32.1. The van der Waals surface area contributed by atoms with Crippen molar-refractivity contribution in [1.29, 1.82) is 0 Å². The lowest BCUT2D eigenvalue weighted by molar-refractivity contribution is -0.118. The molecule has 6 heteroatoms. The second-order valence-corrected chi connectivity index (χ2v) is 5.90. The molecule has 0 radical (unpaired) electrons. The number of amides is 1. The first-order chi connectivity index (χ1) is 10.7. The van der Waals surface area contributed by atoms with Gasteiger partial charge in [-0.1, -0.05) is 24.2 Å². The summed E-state index contributed by atoms with van der Waals surface area (Å²) in [6.07, 6.45) is 6.67. The van der Waals surface area contributed by atoms with Gasteiger partial charge in [0.1, 0.15) is 13.2 Å². The lowest BCUT2D eigenvalue weighted by Crippen LogP contribution is -2.17. The van der Waals surface area contributed by atoms with Crippen LogP contribution in [-0.2, 0) is 11.3 Å². The SMILES string of the molecule is C#CCn1c(=NC(=O)CCC)sc2cc3c(cc21)OCCO3. The number of carbonyl (C=O) groups excluding carboxylic acids is 1. The van der Waals surface area contributed by atoms with Crippen LogP contribution in [0.5, 0.6) is 11.5 Å². The van der Waals surface area contributed by atoms with Crippen molar-refractivity contribution in [1.82, 2.24) is 4.57 Å². The zero-order valence-electron chi connectivity index (χ0n) is 12.3. The number of benzene rings is 1. The first-order valence-corrected chi connectivity index (χ1v) is 7.98. The van der Waals surface area contributed by atoms with Gasteiger partial charge in [0.25, 0.3) is 0 Å². The number of carbonyl (C=O) groups is 1. The number of rotatable bonds is 3. The van der Waals surface area contributed by atoms with Crippen LogP contribution in [0.4, 0.5) is 0 Å². The average Bonchev–Trinajstić information content (AvgIpc) is 2.82. The summed E-state index contributed by atoms with van der Waals surface area (Å²) in [5.74, 6) is 3.91. The van der Waals surface area contributed by atoms with E-state index in [0.29, 0.717) is 36.7 Å². The Bertz CT molecular complexity index is 826. The lowest BCUT2D eigenvalue weighted by Gasteiger charge is -2.18. The number of fused-ring (bicyclic) bond motifs is 2. The van der Waals surface area contributed by atoms with E-state index in [-0.39, 0.29) is 5.91 Å². The third-order valence-corrected chi connectivity index (χ3v) is 4.32. The predicted molar refractivity (Wildman–Crippen MR) is 85.1 cm³/mol. The molecule has 2 heterocycles. The third kappa shape index (κ3) is 2.72. The van der Waals surface area contributed by atoms with E-state index in [1.807, 2.05) is 23.6 Å². The summed E-state index contributed by atoms with van der Waals surface area (Å²) < 4.78 is 14.0. The maximum atomic E-state index is 11.8. The number of hydrogen-bond acceptors (Lipinski definition) is 4. The molecule has 5 nitrogen and oxygen atoms in total. The average molecular weight is 316 g/mol. The summed E-state index contributed by atoms with van der Waals surface area (Å²) in [5, 5.41) is 0. The molecule has 3 rings (SSSR count). The van der Waals surface area contributed by atoms with Crippen molar-refractivity contribution in [3.63, 3.8) is 0 Å². The molecular weight excluding hydrogens is 300 g/mol. The number of hydrogen-bond donors (Lipinski definition) is 0. The molecule has 22 heavy (non-hydrogen) atoms. The second kappa shape index (κ2) is 6.24. The fourth-order valence-corrected chi connectivity index (χ4v) is 3.37. The largest absolute Gasteiger partial charge is 0.486 e. The highest BCUT2D eigenvalue weighted by Gasteiger charge is 2.16. The highest BCUT2D eigenvalue weighted by Crippen LogP contribution is 2.35. The smallest absolute Gasteiger partial charge is 0.248 e. The maximum Gasteiger partial charge on any atom is 0.248 e. The van der Waals surface area contributed by atoms with E-state index in [1.54, 1.807) is 0 Å². The van der Waals surface area contributed by atoms with Gasteiger partial charge in [-0.05, 0) is 6.42 Å². The Morgan fingerprint density at radius 2 is 2.14 bits per heavy atom. The molecule has 1 aromatic carbocycles. The fraction of sp³-hybridized carbons (Fsp3) is 0.375. The van der Waals surface area contributed by atoms with Gasteiger partial charge in [-0.25, -0.2) is 0 Å². The lowest BCUT2D eigenvalue weighted by atomic mass is 10.2. The normalized spacial score (nSPS) is 14.1. The van der Waals surface area contributed by atoms with Gasteiger partial charge in [0, 0.05) is 18.6 Å². The summed E-state index contributed by atoms with van der Waals surface area (Å²) in [6, 6.07) is 3.83. The summed E-state index contributed by atoms with van der Waals surface area (Å²) in [5.41, 5.74) is 0.912. The molecule has 0 atom stereocenters. The van der Waals surface area contributed by atoms with Gasteiger partial charge in [0.15, 0.2) is 16.3 Å². The Kier molecular flexibility index (Phi) is 4.16. The van der Waals surface area contributed by atoms with E-state index in [2.05, 4.69) is 10.9 Å². The monoisotopic (exact) mass is 316 g/mol. The van der Waals surface area contributed by atoms with Crippen LogP contribution in [0.2, 0.25) is 0 Å². The van der Waals surface area contributed by atoms with E-state index in [4.69, 9.17) is 15.9 Å². The summed E-state index contributed by atoms with van der Waals surface area (Å²) in [6.45, 7) is 3.39. The Morgan fingerprint density at radius 3 is 2.82 bits per heavy atom. The van der Waals surface area contributed by atoms with Gasteiger partial charge in [-0.2, -0.15) is 4.99 Å². The Balaban J connectivity index is 2.18. The first-order valence-electron chi connectivity index (χ1n) is 7.17. The molecule has 114 valence electrons. The zero-order chi connectivity index (χ0) is 15.5. The van der Waals surface area contributed by atoms with Gasteiger partial charge >= 0.3 is 0 Å². The van der Waals surface area contributed by atoms with Gasteiger partial charge in [-0.15, -0.1) is 6.42 Å². The van der Waals surface area contributed by atoms with Gasteiger partial charge in [-0.3, -0.25) is 4.79 Å². The molecule has 1 aliphatic heterocycles. The number of terminal acetylenes is 1. The fourth-order valence-electron chi connectivity index (χ4n) is 2.31. The van der Waals surface area contributed by atoms with Crippen LogP contribution in [0, 0.1) is 12.3 Å². The van der Waals surface area contributed by atoms with Crippen molar-refractivity contribution in [2.24, 2.45) is 4.99 Å². The highest BCUT2D eigenvalue weighted by molar-refractivity contribution is 7.16. The molecule has 2 aromatic rings. The molecular formula is C16H16N2O3S. The Morgan fingerprint density at radius 1 is 1.41 bits per heavy atom. The minimum absolute atomic E-state index is 0.128. The summed E-state index contributed by atoms with van der Waals surface area (Å²) in [4.78, 5) is 16.6. The van der Waals surface area contributed by atoms with Crippen molar-refractivity contribution in [2.45, 2.75) is 26.3 Å². The Hall–Kier alpha value is -2.26. The topological polar surface area (TPSA) is 52.8 Å². The van der Waals surface area contributed by atoms with Crippen LogP contribution in [0.15, 0.2) is 17.1 Å². The molecule has 1 amide bonds. The van der Waals surface area contributed by atoms with E-state index >= 15 is 0 Å². The molecule has 0 aliphatic carbocycles. The molecule has 0 saturated heterocycles. The van der Waals surface area contributed by atoms with Crippen molar-refractivity contribution in [3.8, 4) is 23.8 Å². The standard InChI is InChI=1S/C16H16N2O3S/c1-3-5-15(19)17-16-18(6-4-2)11-9-12-13(10-14(11)22-16)21-8-7-20-12/h2,9-10H,3,5-8H2,1H3. The molecule has 0 fully saturated rings. The van der Waals surface area contributed by atoms with Crippen LogP contribution in [0.25, 0.3) is 10.2 Å². The van der Waals surface area contributed by atoms with Gasteiger partial charge in [0.05, 0.1) is 16.8 Å². The molecule has 1 aliphatic rings. The molecule has 1 aromatic heterocycles. The Labute approximate surface area is 132 Å². The van der Waals surface area contributed by atoms with Crippen LogP contribution in [0.1, 0.15) is 19.8 Å². The van der Waals surface area contributed by atoms with Crippen LogP contribution in [-0.4, -0.2) is 23.7 Å². The molecule has 0 unspecified atom stereocenters. The van der Waals surface area contributed by atoms with Gasteiger partial charge < -0.3 is 14.0 Å². The second-order valence-electron chi connectivity index (χ2n) is 4.89. The van der Waals surface area contributed by atoms with E-state index in [9.17, 15) is 4.79 Å². The molecule has 0 bridgehead atoms. The first kappa shape index (κ1) is 14.7. The van der Waals surface area contributed by atoms with E-state index in [0.717, 1.165) is 22.4 Å². The van der Waals surface area contributed by atoms with Crippen molar-refractivity contribution in [3.05, 3.63) is 16.9 Å². The summed E-state index contributed by atoms with van der Waals surface area (Å²) in [7, 11) is 0. The van der Waals surface area contributed by atoms with Gasteiger partial charge in [0.2, 0.25) is 5.91 Å². The number of ether oxygens (including phenoxy) is 2. The minimum atomic E-state index is -0.128. The minimum Gasteiger partial charge on any atom is -0.486 e. The van der Waals surface area contributed by atoms with E-state index < -0.39 is 0 Å². The molecule has 0 spiro atoms. The number of nitrogens with zero attached hydrogens (tertiary/aromatic N) is 2.